The molecule has 1 fully saturated rings. The lowest BCUT2D eigenvalue weighted by atomic mass is 9.92. The van der Waals surface area contributed by atoms with E-state index >= 15 is 0 Å². The van der Waals surface area contributed by atoms with Gasteiger partial charge in [0.15, 0.2) is 0 Å². The maximum atomic E-state index is 9.58. The van der Waals surface area contributed by atoms with Gasteiger partial charge in [-0.15, -0.1) is 0 Å². The van der Waals surface area contributed by atoms with E-state index in [-0.39, 0.29) is 6.10 Å². The van der Waals surface area contributed by atoms with Crippen molar-refractivity contribution < 1.29 is 9.84 Å². The van der Waals surface area contributed by atoms with Gasteiger partial charge in [0.05, 0.1) is 13.2 Å². The van der Waals surface area contributed by atoms with E-state index < -0.39 is 0 Å². The largest absolute Gasteiger partial charge is 0.497 e. The van der Waals surface area contributed by atoms with E-state index in [0.717, 1.165) is 38.2 Å². The summed E-state index contributed by atoms with van der Waals surface area (Å²) in [4.78, 5) is 2.46. The molecule has 0 aromatic heterocycles. The molecular formula is C15H23NO2. The fraction of sp³-hybridized carbons (Fsp3) is 0.600. The third-order valence-corrected chi connectivity index (χ3v) is 3.88. The molecule has 3 nitrogen and oxygen atoms in total. The van der Waals surface area contributed by atoms with Crippen LogP contribution in [0.1, 0.15) is 25.3 Å². The average Bonchev–Trinajstić information content (AvgIpc) is 2.40. The Morgan fingerprint density at radius 1 is 1.28 bits per heavy atom. The second-order valence-corrected chi connectivity index (χ2v) is 5.20. The Morgan fingerprint density at radius 3 is 2.39 bits per heavy atom. The van der Waals surface area contributed by atoms with E-state index in [2.05, 4.69) is 17.0 Å². The SMILES string of the molecule is COc1ccc(CN2CCC([C@H](C)O)CC2)cc1. The van der Waals surface area contributed by atoms with Crippen LogP contribution in [0.3, 0.4) is 0 Å². The summed E-state index contributed by atoms with van der Waals surface area (Å²) < 4.78 is 5.16. The van der Waals surface area contributed by atoms with Crippen molar-refractivity contribution in [1.29, 1.82) is 0 Å². The highest BCUT2D eigenvalue weighted by Gasteiger charge is 2.22. The summed E-state index contributed by atoms with van der Waals surface area (Å²) in [5.41, 5.74) is 1.33. The van der Waals surface area contributed by atoms with Crippen LogP contribution in [-0.2, 0) is 6.54 Å². The predicted molar refractivity (Wildman–Crippen MR) is 72.7 cm³/mol. The Balaban J connectivity index is 1.83. The van der Waals surface area contributed by atoms with Crippen LogP contribution in [0.15, 0.2) is 24.3 Å². The number of benzene rings is 1. The number of methoxy groups -OCH3 is 1. The number of aliphatic hydroxyl groups excluding tert-OH is 1. The second kappa shape index (κ2) is 6.21. The number of hydrogen-bond donors (Lipinski definition) is 1. The van der Waals surface area contributed by atoms with E-state index in [1.165, 1.54) is 5.56 Å². The smallest absolute Gasteiger partial charge is 0.118 e. The molecule has 3 heteroatoms. The van der Waals surface area contributed by atoms with Crippen molar-refractivity contribution in [3.8, 4) is 5.75 Å². The van der Waals surface area contributed by atoms with E-state index in [4.69, 9.17) is 4.74 Å². The number of likely N-dealkylation sites (tertiary alicyclic amines) is 1. The highest BCUT2D eigenvalue weighted by atomic mass is 16.5. The zero-order chi connectivity index (χ0) is 13.0. The molecule has 1 aliphatic rings. The third kappa shape index (κ3) is 3.47. The van der Waals surface area contributed by atoms with Crippen LogP contribution < -0.4 is 4.74 Å². The number of ether oxygens (including phenoxy) is 1. The minimum atomic E-state index is -0.159. The number of aliphatic hydroxyl groups is 1. The van der Waals surface area contributed by atoms with Gasteiger partial charge in [-0.1, -0.05) is 12.1 Å². The highest BCUT2D eigenvalue weighted by molar-refractivity contribution is 5.27. The monoisotopic (exact) mass is 249 g/mol. The second-order valence-electron chi connectivity index (χ2n) is 5.20. The predicted octanol–water partition coefficient (Wildman–Crippen LogP) is 2.29. The maximum Gasteiger partial charge on any atom is 0.118 e. The molecule has 1 aliphatic heterocycles. The van der Waals surface area contributed by atoms with Gasteiger partial charge in [-0.2, -0.15) is 0 Å². The van der Waals surface area contributed by atoms with Gasteiger partial charge >= 0.3 is 0 Å². The van der Waals surface area contributed by atoms with Crippen LogP contribution in [0, 0.1) is 5.92 Å². The summed E-state index contributed by atoms with van der Waals surface area (Å²) in [6.07, 6.45) is 2.05. The van der Waals surface area contributed by atoms with Gasteiger partial charge < -0.3 is 9.84 Å². The Hall–Kier alpha value is -1.06. The van der Waals surface area contributed by atoms with Crippen molar-refractivity contribution in [1.82, 2.24) is 4.90 Å². The molecule has 1 heterocycles. The van der Waals surface area contributed by atoms with Crippen LogP contribution in [0.2, 0.25) is 0 Å². The Bertz CT molecular complexity index is 353. The fourth-order valence-corrected chi connectivity index (χ4v) is 2.58. The Kier molecular flexibility index (Phi) is 4.61. The molecular weight excluding hydrogens is 226 g/mol. The molecule has 0 unspecified atom stereocenters. The average molecular weight is 249 g/mol. The molecule has 1 N–H and O–H groups in total. The summed E-state index contributed by atoms with van der Waals surface area (Å²) in [6, 6.07) is 8.27. The molecule has 0 saturated carbocycles. The first-order chi connectivity index (χ1) is 8.69. The standard InChI is InChI=1S/C15H23NO2/c1-12(17)14-7-9-16(10-8-14)11-13-3-5-15(18-2)6-4-13/h3-6,12,14,17H,7-11H2,1-2H3/t12-/m0/s1. The summed E-state index contributed by atoms with van der Waals surface area (Å²) in [7, 11) is 1.69. The first kappa shape index (κ1) is 13.4. The van der Waals surface area contributed by atoms with Gasteiger partial charge in [0, 0.05) is 6.54 Å². The molecule has 1 atom stereocenters. The first-order valence-electron chi connectivity index (χ1n) is 6.72. The lowest BCUT2D eigenvalue weighted by Gasteiger charge is -2.33. The van der Waals surface area contributed by atoms with Gasteiger partial charge in [-0.3, -0.25) is 4.90 Å². The Labute approximate surface area is 109 Å². The minimum absolute atomic E-state index is 0.159. The zero-order valence-electron chi connectivity index (χ0n) is 11.3. The lowest BCUT2D eigenvalue weighted by molar-refractivity contribution is 0.0695. The summed E-state index contributed by atoms with van der Waals surface area (Å²) >= 11 is 0. The highest BCUT2D eigenvalue weighted by Crippen LogP contribution is 2.22. The zero-order valence-corrected chi connectivity index (χ0v) is 11.3. The molecule has 0 bridgehead atoms. The molecule has 18 heavy (non-hydrogen) atoms. The fourth-order valence-electron chi connectivity index (χ4n) is 2.58. The van der Waals surface area contributed by atoms with Crippen LogP contribution in [-0.4, -0.2) is 36.3 Å². The third-order valence-electron chi connectivity index (χ3n) is 3.88. The number of nitrogens with zero attached hydrogens (tertiary/aromatic N) is 1. The van der Waals surface area contributed by atoms with Gasteiger partial charge in [-0.25, -0.2) is 0 Å². The molecule has 2 rings (SSSR count). The van der Waals surface area contributed by atoms with E-state index in [9.17, 15) is 5.11 Å². The van der Waals surface area contributed by atoms with Gasteiger partial charge in [0.25, 0.3) is 0 Å². The minimum Gasteiger partial charge on any atom is -0.497 e. The van der Waals surface area contributed by atoms with Crippen molar-refractivity contribution in [2.24, 2.45) is 5.92 Å². The van der Waals surface area contributed by atoms with E-state index in [1.807, 2.05) is 19.1 Å². The molecule has 1 aromatic carbocycles. The van der Waals surface area contributed by atoms with Crippen LogP contribution in [0.25, 0.3) is 0 Å². The number of hydrogen-bond acceptors (Lipinski definition) is 3. The van der Waals surface area contributed by atoms with Gasteiger partial charge in [-0.05, 0) is 56.5 Å². The topological polar surface area (TPSA) is 32.7 Å². The van der Waals surface area contributed by atoms with Crippen LogP contribution >= 0.6 is 0 Å². The Morgan fingerprint density at radius 2 is 1.89 bits per heavy atom. The molecule has 1 saturated heterocycles. The number of rotatable bonds is 4. The summed E-state index contributed by atoms with van der Waals surface area (Å²) in [5, 5.41) is 9.58. The van der Waals surface area contributed by atoms with Crippen molar-refractivity contribution in [2.45, 2.75) is 32.4 Å². The van der Waals surface area contributed by atoms with E-state index in [0.29, 0.717) is 5.92 Å². The van der Waals surface area contributed by atoms with Crippen molar-refractivity contribution in [2.75, 3.05) is 20.2 Å². The van der Waals surface area contributed by atoms with Gasteiger partial charge in [0.2, 0.25) is 0 Å². The molecule has 0 radical (unpaired) electrons. The van der Waals surface area contributed by atoms with Crippen molar-refractivity contribution >= 4 is 0 Å². The first-order valence-corrected chi connectivity index (χ1v) is 6.72. The molecule has 100 valence electrons. The molecule has 0 spiro atoms. The quantitative estimate of drug-likeness (QED) is 0.888. The van der Waals surface area contributed by atoms with Crippen LogP contribution in [0.5, 0.6) is 5.75 Å². The summed E-state index contributed by atoms with van der Waals surface area (Å²) in [6.45, 7) is 5.07. The maximum absolute atomic E-state index is 9.58. The molecule has 0 aliphatic carbocycles. The summed E-state index contributed by atoms with van der Waals surface area (Å²) in [5.74, 6) is 1.39. The van der Waals surface area contributed by atoms with Crippen molar-refractivity contribution in [3.05, 3.63) is 29.8 Å². The lowest BCUT2D eigenvalue weighted by Crippen LogP contribution is -2.36. The molecule has 1 aromatic rings. The normalized spacial score (nSPS) is 19.7. The van der Waals surface area contributed by atoms with Crippen molar-refractivity contribution in [3.63, 3.8) is 0 Å². The molecule has 0 amide bonds. The van der Waals surface area contributed by atoms with Crippen LogP contribution in [0.4, 0.5) is 0 Å². The van der Waals surface area contributed by atoms with E-state index in [1.54, 1.807) is 7.11 Å². The number of piperidine rings is 1. The van der Waals surface area contributed by atoms with Gasteiger partial charge in [0.1, 0.15) is 5.75 Å².